The fraction of sp³-hybridized carbons (Fsp3) is 0.0952. The minimum Gasteiger partial charge on any atom is -0.459 e. The Kier molecular flexibility index (Phi) is 5.25. The van der Waals surface area contributed by atoms with E-state index >= 15 is 0 Å². The van der Waals surface area contributed by atoms with Crippen molar-refractivity contribution in [1.82, 2.24) is 10.2 Å². The standard InChI is InChI=1S/C21H17N3O3S/c1-14(28-21-24-23-20(27-21)18-12-7-13-26-18)19(25)22-17-11-6-5-10-16(17)15-8-3-2-4-9-15/h2-14H,1H3,(H,22,25)/t14-/m0/s1. The Bertz CT molecular complexity index is 1060. The summed E-state index contributed by atoms with van der Waals surface area (Å²) >= 11 is 1.20. The summed E-state index contributed by atoms with van der Waals surface area (Å²) in [4.78, 5) is 12.7. The number of carbonyl (C=O) groups excluding carboxylic acids is 1. The maximum atomic E-state index is 12.7. The molecule has 0 saturated heterocycles. The first-order valence-electron chi connectivity index (χ1n) is 8.70. The predicted octanol–water partition coefficient (Wildman–Crippen LogP) is 5.12. The molecular formula is C21H17N3O3S. The van der Waals surface area contributed by atoms with Gasteiger partial charge in [0.25, 0.3) is 11.1 Å². The van der Waals surface area contributed by atoms with Crippen LogP contribution in [0.25, 0.3) is 22.8 Å². The van der Waals surface area contributed by atoms with Crippen LogP contribution in [-0.4, -0.2) is 21.4 Å². The molecule has 4 aromatic rings. The number of carbonyl (C=O) groups is 1. The van der Waals surface area contributed by atoms with E-state index in [1.54, 1.807) is 19.1 Å². The van der Waals surface area contributed by atoms with Crippen LogP contribution in [0, 0.1) is 0 Å². The predicted molar refractivity (Wildman–Crippen MR) is 108 cm³/mol. The van der Waals surface area contributed by atoms with Gasteiger partial charge in [-0.05, 0) is 30.7 Å². The second-order valence-corrected chi connectivity index (χ2v) is 7.30. The maximum absolute atomic E-state index is 12.7. The molecule has 2 aromatic carbocycles. The van der Waals surface area contributed by atoms with Crippen molar-refractivity contribution in [3.63, 3.8) is 0 Å². The van der Waals surface area contributed by atoms with E-state index in [1.165, 1.54) is 18.0 Å². The van der Waals surface area contributed by atoms with Gasteiger partial charge in [-0.2, -0.15) is 0 Å². The van der Waals surface area contributed by atoms with Gasteiger partial charge in [-0.15, -0.1) is 10.2 Å². The number of amides is 1. The summed E-state index contributed by atoms with van der Waals surface area (Å²) in [5.74, 6) is 0.633. The lowest BCUT2D eigenvalue weighted by atomic mass is 10.0. The van der Waals surface area contributed by atoms with E-state index in [4.69, 9.17) is 8.83 Å². The molecule has 140 valence electrons. The summed E-state index contributed by atoms with van der Waals surface area (Å²) in [6, 6.07) is 21.1. The number of aromatic nitrogens is 2. The second-order valence-electron chi connectivity index (χ2n) is 6.01. The summed E-state index contributed by atoms with van der Waals surface area (Å²) in [6.07, 6.45) is 1.53. The molecule has 28 heavy (non-hydrogen) atoms. The number of hydrogen-bond acceptors (Lipinski definition) is 6. The first-order chi connectivity index (χ1) is 13.7. The van der Waals surface area contributed by atoms with Crippen LogP contribution in [0.4, 0.5) is 5.69 Å². The molecule has 7 heteroatoms. The van der Waals surface area contributed by atoms with Crippen molar-refractivity contribution in [2.24, 2.45) is 0 Å². The van der Waals surface area contributed by atoms with Gasteiger partial charge in [0.05, 0.1) is 11.5 Å². The Hall–Kier alpha value is -3.32. The Labute approximate surface area is 166 Å². The van der Waals surface area contributed by atoms with E-state index in [0.29, 0.717) is 11.0 Å². The lowest BCUT2D eigenvalue weighted by Gasteiger charge is -2.13. The lowest BCUT2D eigenvalue weighted by Crippen LogP contribution is -2.22. The second kappa shape index (κ2) is 8.14. The number of nitrogens with zero attached hydrogens (tertiary/aromatic N) is 2. The van der Waals surface area contributed by atoms with Crippen LogP contribution in [0.15, 0.2) is 87.1 Å². The quantitative estimate of drug-likeness (QED) is 0.460. The molecule has 0 aliphatic rings. The monoisotopic (exact) mass is 391 g/mol. The van der Waals surface area contributed by atoms with Gasteiger partial charge in [0.15, 0.2) is 5.76 Å². The zero-order valence-corrected chi connectivity index (χ0v) is 15.8. The molecule has 4 rings (SSSR count). The van der Waals surface area contributed by atoms with E-state index in [-0.39, 0.29) is 11.8 Å². The van der Waals surface area contributed by atoms with Crippen LogP contribution in [0.5, 0.6) is 0 Å². The van der Waals surface area contributed by atoms with Crippen molar-refractivity contribution >= 4 is 23.4 Å². The van der Waals surface area contributed by atoms with Gasteiger partial charge >= 0.3 is 0 Å². The molecule has 0 fully saturated rings. The summed E-state index contributed by atoms with van der Waals surface area (Å²) in [5.41, 5.74) is 2.76. The van der Waals surface area contributed by atoms with Crippen molar-refractivity contribution in [3.05, 3.63) is 73.0 Å². The van der Waals surface area contributed by atoms with E-state index in [1.807, 2.05) is 54.6 Å². The number of nitrogens with one attached hydrogen (secondary N) is 1. The van der Waals surface area contributed by atoms with Crippen LogP contribution in [0.3, 0.4) is 0 Å². The molecule has 0 aliphatic heterocycles. The van der Waals surface area contributed by atoms with Crippen LogP contribution < -0.4 is 5.32 Å². The summed E-state index contributed by atoms with van der Waals surface area (Å²) in [7, 11) is 0. The average molecular weight is 391 g/mol. The third kappa shape index (κ3) is 3.99. The maximum Gasteiger partial charge on any atom is 0.284 e. The van der Waals surface area contributed by atoms with E-state index < -0.39 is 5.25 Å². The number of hydrogen-bond donors (Lipinski definition) is 1. The minimum atomic E-state index is -0.422. The SMILES string of the molecule is C[C@H](Sc1nnc(-c2ccco2)o1)C(=O)Nc1ccccc1-c1ccccc1. The van der Waals surface area contributed by atoms with Gasteiger partial charge < -0.3 is 14.2 Å². The van der Waals surface area contributed by atoms with Gasteiger partial charge in [0.2, 0.25) is 5.91 Å². The van der Waals surface area contributed by atoms with Gasteiger partial charge in [-0.25, -0.2) is 0 Å². The third-order valence-electron chi connectivity index (χ3n) is 4.05. The summed E-state index contributed by atoms with van der Waals surface area (Å²) in [6.45, 7) is 1.79. The Morgan fingerprint density at radius 3 is 2.57 bits per heavy atom. The largest absolute Gasteiger partial charge is 0.459 e. The van der Waals surface area contributed by atoms with Gasteiger partial charge in [-0.3, -0.25) is 4.79 Å². The lowest BCUT2D eigenvalue weighted by molar-refractivity contribution is -0.115. The Balaban J connectivity index is 1.46. The average Bonchev–Trinajstić information content (AvgIpc) is 3.41. The summed E-state index contributed by atoms with van der Waals surface area (Å²) in [5, 5.41) is 10.8. The van der Waals surface area contributed by atoms with Crippen LogP contribution in [0.2, 0.25) is 0 Å². The highest BCUT2D eigenvalue weighted by Gasteiger charge is 2.20. The van der Waals surface area contributed by atoms with Crippen molar-refractivity contribution < 1.29 is 13.6 Å². The smallest absolute Gasteiger partial charge is 0.284 e. The third-order valence-corrected chi connectivity index (χ3v) is 4.99. The molecular weight excluding hydrogens is 374 g/mol. The highest BCUT2D eigenvalue weighted by Crippen LogP contribution is 2.30. The van der Waals surface area contributed by atoms with Crippen LogP contribution in [-0.2, 0) is 4.79 Å². The number of anilines is 1. The Morgan fingerprint density at radius 2 is 1.79 bits per heavy atom. The zero-order valence-electron chi connectivity index (χ0n) is 15.0. The molecule has 0 saturated carbocycles. The van der Waals surface area contributed by atoms with E-state index in [2.05, 4.69) is 15.5 Å². The highest BCUT2D eigenvalue weighted by molar-refractivity contribution is 8.00. The molecule has 2 heterocycles. The van der Waals surface area contributed by atoms with Crippen molar-refractivity contribution in [1.29, 1.82) is 0 Å². The Morgan fingerprint density at radius 1 is 1.00 bits per heavy atom. The molecule has 0 spiro atoms. The number of furan rings is 1. The number of rotatable bonds is 6. The molecule has 1 N–H and O–H groups in total. The molecule has 0 aliphatic carbocycles. The molecule has 1 amide bonds. The van der Waals surface area contributed by atoms with Gasteiger partial charge in [0.1, 0.15) is 0 Å². The number of thioether (sulfide) groups is 1. The molecule has 0 bridgehead atoms. The molecule has 6 nitrogen and oxygen atoms in total. The van der Waals surface area contributed by atoms with Crippen LogP contribution >= 0.6 is 11.8 Å². The molecule has 0 radical (unpaired) electrons. The normalized spacial score (nSPS) is 11.9. The molecule has 2 aromatic heterocycles. The van der Waals surface area contributed by atoms with Crippen molar-refractivity contribution in [2.75, 3.05) is 5.32 Å². The van der Waals surface area contributed by atoms with E-state index in [0.717, 1.165) is 16.8 Å². The fourth-order valence-electron chi connectivity index (χ4n) is 2.66. The minimum absolute atomic E-state index is 0.147. The zero-order chi connectivity index (χ0) is 19.3. The number of para-hydroxylation sites is 1. The fourth-order valence-corrected chi connectivity index (χ4v) is 3.34. The first-order valence-corrected chi connectivity index (χ1v) is 9.58. The highest BCUT2D eigenvalue weighted by atomic mass is 32.2. The topological polar surface area (TPSA) is 81.2 Å². The van der Waals surface area contributed by atoms with Crippen LogP contribution in [0.1, 0.15) is 6.92 Å². The first kappa shape index (κ1) is 18.1. The number of benzene rings is 2. The van der Waals surface area contributed by atoms with Gasteiger partial charge in [0, 0.05) is 11.3 Å². The van der Waals surface area contributed by atoms with E-state index in [9.17, 15) is 4.79 Å². The molecule has 0 unspecified atom stereocenters. The van der Waals surface area contributed by atoms with Crippen molar-refractivity contribution in [3.8, 4) is 22.8 Å². The van der Waals surface area contributed by atoms with Gasteiger partial charge in [-0.1, -0.05) is 60.3 Å². The van der Waals surface area contributed by atoms with Crippen molar-refractivity contribution in [2.45, 2.75) is 17.4 Å². The molecule has 1 atom stereocenters. The summed E-state index contributed by atoms with van der Waals surface area (Å²) < 4.78 is 10.8.